The second-order valence-electron chi connectivity index (χ2n) is 6.37. The Morgan fingerprint density at radius 2 is 1.80 bits per heavy atom. The lowest BCUT2D eigenvalue weighted by atomic mass is 10.2. The van der Waals surface area contributed by atoms with Crippen molar-refractivity contribution in [3.8, 4) is 0 Å². The summed E-state index contributed by atoms with van der Waals surface area (Å²) in [5.74, 6) is 1.84. The van der Waals surface area contributed by atoms with Crippen LogP contribution < -0.4 is 10.6 Å². The Labute approximate surface area is 125 Å². The van der Waals surface area contributed by atoms with Crippen LogP contribution in [0.1, 0.15) is 53.9 Å². The third-order valence-electron chi connectivity index (χ3n) is 3.76. The summed E-state index contributed by atoms with van der Waals surface area (Å²) < 4.78 is 0. The average molecular weight is 282 g/mol. The van der Waals surface area contributed by atoms with Crippen LogP contribution in [0.15, 0.2) is 4.99 Å². The molecule has 0 aromatic heterocycles. The van der Waals surface area contributed by atoms with Gasteiger partial charge in [0.1, 0.15) is 0 Å². The molecule has 20 heavy (non-hydrogen) atoms. The van der Waals surface area contributed by atoms with E-state index in [0.29, 0.717) is 12.1 Å². The summed E-state index contributed by atoms with van der Waals surface area (Å²) in [5.41, 5.74) is 0. The molecule has 1 aliphatic rings. The molecule has 0 unspecified atom stereocenters. The van der Waals surface area contributed by atoms with Gasteiger partial charge in [0.15, 0.2) is 5.96 Å². The Balaban J connectivity index is 2.23. The lowest BCUT2D eigenvalue weighted by Gasteiger charge is -2.30. The Bertz CT molecular complexity index is 274. The highest BCUT2D eigenvalue weighted by Gasteiger charge is 2.20. The van der Waals surface area contributed by atoms with Crippen molar-refractivity contribution in [2.75, 3.05) is 26.2 Å². The van der Waals surface area contributed by atoms with Crippen LogP contribution in [0.3, 0.4) is 0 Å². The molecule has 0 aliphatic heterocycles. The molecule has 118 valence electrons. The van der Waals surface area contributed by atoms with E-state index in [1.54, 1.807) is 0 Å². The summed E-state index contributed by atoms with van der Waals surface area (Å²) in [7, 11) is 0. The van der Waals surface area contributed by atoms with Gasteiger partial charge >= 0.3 is 0 Å². The summed E-state index contributed by atoms with van der Waals surface area (Å²) in [6, 6.07) is 1.23. The zero-order valence-electron chi connectivity index (χ0n) is 14.1. The van der Waals surface area contributed by atoms with E-state index in [1.807, 2.05) is 0 Å². The highest BCUT2D eigenvalue weighted by Crippen LogP contribution is 2.28. The van der Waals surface area contributed by atoms with E-state index in [0.717, 1.165) is 44.5 Å². The van der Waals surface area contributed by atoms with E-state index >= 15 is 0 Å². The van der Waals surface area contributed by atoms with Gasteiger partial charge in [-0.1, -0.05) is 0 Å². The molecule has 0 aromatic carbocycles. The van der Waals surface area contributed by atoms with Crippen LogP contribution in [0.2, 0.25) is 0 Å². The molecule has 0 bridgehead atoms. The van der Waals surface area contributed by atoms with E-state index in [1.165, 1.54) is 12.8 Å². The Morgan fingerprint density at radius 1 is 1.15 bits per heavy atom. The van der Waals surface area contributed by atoms with E-state index in [9.17, 15) is 0 Å². The number of nitrogens with one attached hydrogen (secondary N) is 2. The lowest BCUT2D eigenvalue weighted by molar-refractivity contribution is 0.173. The number of hydrogen-bond donors (Lipinski definition) is 2. The first-order chi connectivity index (χ1) is 9.54. The summed E-state index contributed by atoms with van der Waals surface area (Å²) in [6.07, 6.45) is 3.88. The minimum absolute atomic E-state index is 0.617. The predicted octanol–water partition coefficient (Wildman–Crippen LogP) is 2.46. The van der Waals surface area contributed by atoms with Gasteiger partial charge in [0.25, 0.3) is 0 Å². The molecule has 0 atom stereocenters. The minimum Gasteiger partial charge on any atom is -0.357 e. The second-order valence-corrected chi connectivity index (χ2v) is 6.37. The molecule has 4 heteroatoms. The van der Waals surface area contributed by atoms with Crippen molar-refractivity contribution < 1.29 is 0 Å². The van der Waals surface area contributed by atoms with Crippen LogP contribution in [-0.2, 0) is 0 Å². The quantitative estimate of drug-likeness (QED) is 0.388. The van der Waals surface area contributed by atoms with Gasteiger partial charge in [-0.15, -0.1) is 0 Å². The van der Waals surface area contributed by atoms with E-state index < -0.39 is 0 Å². The average Bonchev–Trinajstić information content (AvgIpc) is 3.18. The number of guanidine groups is 1. The van der Waals surface area contributed by atoms with Crippen LogP contribution in [0.5, 0.6) is 0 Å². The zero-order valence-corrected chi connectivity index (χ0v) is 14.1. The summed E-state index contributed by atoms with van der Waals surface area (Å²) in [4.78, 5) is 7.18. The molecule has 1 fully saturated rings. The van der Waals surface area contributed by atoms with Crippen LogP contribution in [0.25, 0.3) is 0 Å². The monoisotopic (exact) mass is 282 g/mol. The fraction of sp³-hybridized carbons (Fsp3) is 0.938. The lowest BCUT2D eigenvalue weighted by Crippen LogP contribution is -2.41. The Hall–Kier alpha value is -0.770. The first-order valence-electron chi connectivity index (χ1n) is 8.32. The molecule has 0 aromatic rings. The molecule has 4 nitrogen and oxygen atoms in total. The van der Waals surface area contributed by atoms with Gasteiger partial charge < -0.3 is 10.6 Å². The smallest absolute Gasteiger partial charge is 0.191 e. The van der Waals surface area contributed by atoms with E-state index in [-0.39, 0.29) is 0 Å². The van der Waals surface area contributed by atoms with Crippen molar-refractivity contribution in [1.29, 1.82) is 0 Å². The molecule has 0 radical (unpaired) electrons. The third kappa shape index (κ3) is 7.13. The summed E-state index contributed by atoms with van der Waals surface area (Å²) in [5, 5.41) is 6.77. The molecule has 2 N–H and O–H groups in total. The molecular formula is C16H34N4. The first-order valence-corrected chi connectivity index (χ1v) is 8.32. The summed E-state index contributed by atoms with van der Waals surface area (Å²) >= 11 is 0. The van der Waals surface area contributed by atoms with Crippen molar-refractivity contribution in [2.24, 2.45) is 10.9 Å². The largest absolute Gasteiger partial charge is 0.357 e. The summed E-state index contributed by atoms with van der Waals surface area (Å²) in [6.45, 7) is 15.3. The van der Waals surface area contributed by atoms with Crippen LogP contribution >= 0.6 is 0 Å². The van der Waals surface area contributed by atoms with Gasteiger partial charge in [-0.3, -0.25) is 9.89 Å². The van der Waals surface area contributed by atoms with Crippen molar-refractivity contribution in [3.63, 3.8) is 0 Å². The van der Waals surface area contributed by atoms with Gasteiger partial charge in [-0.2, -0.15) is 0 Å². The molecule has 1 aliphatic carbocycles. The normalized spacial score (nSPS) is 16.3. The van der Waals surface area contributed by atoms with E-state index in [4.69, 9.17) is 0 Å². The molecule has 1 saturated carbocycles. The topological polar surface area (TPSA) is 39.7 Å². The number of hydrogen-bond acceptors (Lipinski definition) is 2. The van der Waals surface area contributed by atoms with Crippen molar-refractivity contribution >= 4 is 5.96 Å². The number of rotatable bonds is 9. The highest BCUT2D eigenvalue weighted by molar-refractivity contribution is 5.79. The van der Waals surface area contributed by atoms with Gasteiger partial charge in [-0.25, -0.2) is 0 Å². The van der Waals surface area contributed by atoms with Crippen LogP contribution in [0.4, 0.5) is 0 Å². The first kappa shape index (κ1) is 17.3. The van der Waals surface area contributed by atoms with Crippen molar-refractivity contribution in [1.82, 2.24) is 15.5 Å². The maximum absolute atomic E-state index is 4.64. The van der Waals surface area contributed by atoms with Gasteiger partial charge in [0.2, 0.25) is 0 Å². The maximum Gasteiger partial charge on any atom is 0.191 e. The van der Waals surface area contributed by atoms with Crippen molar-refractivity contribution in [3.05, 3.63) is 0 Å². The second kappa shape index (κ2) is 9.22. The van der Waals surface area contributed by atoms with Crippen molar-refractivity contribution in [2.45, 2.75) is 66.0 Å². The predicted molar refractivity (Wildman–Crippen MR) is 88.3 cm³/mol. The molecule has 0 saturated heterocycles. The highest BCUT2D eigenvalue weighted by atomic mass is 15.2. The third-order valence-corrected chi connectivity index (χ3v) is 3.76. The molecule has 0 spiro atoms. The fourth-order valence-corrected chi connectivity index (χ4v) is 2.44. The van der Waals surface area contributed by atoms with Crippen LogP contribution in [0, 0.1) is 5.92 Å². The minimum atomic E-state index is 0.617. The SMILES string of the molecule is CCNC(=NCC1CC1)NCCCN(C(C)C)C(C)C. The fourth-order valence-electron chi connectivity index (χ4n) is 2.44. The van der Waals surface area contributed by atoms with Crippen LogP contribution in [-0.4, -0.2) is 49.1 Å². The molecule has 0 heterocycles. The standard InChI is InChI=1S/C16H34N4/c1-6-17-16(19-12-15-8-9-15)18-10-7-11-20(13(2)3)14(4)5/h13-15H,6-12H2,1-5H3,(H2,17,18,19). The Kier molecular flexibility index (Phi) is 7.97. The van der Waals surface area contributed by atoms with Gasteiger partial charge in [-0.05, 0) is 59.8 Å². The number of aliphatic imine (C=N–C) groups is 1. The molecule has 0 amide bonds. The molecule has 1 rings (SSSR count). The van der Waals surface area contributed by atoms with Gasteiger partial charge in [0, 0.05) is 38.3 Å². The number of nitrogens with zero attached hydrogens (tertiary/aromatic N) is 2. The Morgan fingerprint density at radius 3 is 2.30 bits per heavy atom. The molecular weight excluding hydrogens is 248 g/mol. The zero-order chi connectivity index (χ0) is 15.0. The van der Waals surface area contributed by atoms with Gasteiger partial charge in [0.05, 0.1) is 0 Å². The van der Waals surface area contributed by atoms with E-state index in [2.05, 4.69) is 55.1 Å². The maximum atomic E-state index is 4.64.